The smallest absolute Gasteiger partial charge is 0.179 e. The van der Waals surface area contributed by atoms with Crippen LogP contribution in [0.5, 0.6) is 0 Å². The zero-order chi connectivity index (χ0) is 20.8. The number of nitrogens with one attached hydrogen (secondary N) is 2. The number of aromatic nitrogens is 2. The van der Waals surface area contributed by atoms with Gasteiger partial charge in [-0.25, -0.2) is 9.97 Å². The molecular formula is C20H27N9. The minimum absolute atomic E-state index is 0.0431. The average molecular weight is 393 g/mol. The Balaban J connectivity index is 1.92. The van der Waals surface area contributed by atoms with Crippen molar-refractivity contribution in [2.75, 3.05) is 24.5 Å². The lowest BCUT2D eigenvalue weighted by Crippen LogP contribution is -2.58. The van der Waals surface area contributed by atoms with Crippen molar-refractivity contribution in [3.8, 4) is 0 Å². The fourth-order valence-electron chi connectivity index (χ4n) is 3.59. The maximum atomic E-state index is 7.62. The Morgan fingerprint density at radius 1 is 1.48 bits per heavy atom. The molecule has 0 saturated carbocycles. The molecule has 4 N–H and O–H groups in total. The number of aliphatic imine (C=N–C) groups is 2. The van der Waals surface area contributed by atoms with Gasteiger partial charge in [0.05, 0.1) is 24.5 Å². The number of hydrogen-bond acceptors (Lipinski definition) is 9. The summed E-state index contributed by atoms with van der Waals surface area (Å²) in [6.45, 7) is 9.80. The molecule has 1 aromatic rings. The standard InChI is InChI=1S/C20H27N9/c1-14-13-28(8-6-24-14)17(12-23-3)20-26-5-4-18(27-20)29-9-7-25-19(15(29)2)16(10-21)11-22/h4-6,10-13,15,19,21,25H,3,7-9,22H2,1-2H3/b16-11+,17-12-,21-10?. The van der Waals surface area contributed by atoms with Crippen molar-refractivity contribution in [2.45, 2.75) is 25.9 Å². The lowest BCUT2D eigenvalue weighted by atomic mass is 9.98. The molecule has 2 atom stereocenters. The van der Waals surface area contributed by atoms with Crippen LogP contribution < -0.4 is 16.0 Å². The molecular weight excluding hydrogens is 366 g/mol. The molecule has 0 amide bonds. The molecule has 0 aliphatic carbocycles. The fourth-order valence-corrected chi connectivity index (χ4v) is 3.59. The zero-order valence-corrected chi connectivity index (χ0v) is 16.8. The molecule has 152 valence electrons. The summed E-state index contributed by atoms with van der Waals surface area (Å²) >= 11 is 0. The fraction of sp³-hybridized carbons (Fsp3) is 0.350. The van der Waals surface area contributed by atoms with Gasteiger partial charge in [0, 0.05) is 55.7 Å². The van der Waals surface area contributed by atoms with Crippen molar-refractivity contribution in [1.82, 2.24) is 20.2 Å². The van der Waals surface area contributed by atoms with Gasteiger partial charge in [0.1, 0.15) is 11.5 Å². The predicted octanol–water partition coefficient (Wildman–Crippen LogP) is 1.38. The summed E-state index contributed by atoms with van der Waals surface area (Å²) in [5.74, 6) is 1.38. The molecule has 2 unspecified atom stereocenters. The van der Waals surface area contributed by atoms with E-state index in [-0.39, 0.29) is 12.1 Å². The second-order valence-electron chi connectivity index (χ2n) is 6.85. The van der Waals surface area contributed by atoms with Crippen LogP contribution in [0.1, 0.15) is 19.7 Å². The van der Waals surface area contributed by atoms with Crippen molar-refractivity contribution in [2.24, 2.45) is 15.7 Å². The van der Waals surface area contributed by atoms with E-state index in [1.807, 2.05) is 30.3 Å². The largest absolute Gasteiger partial charge is 0.404 e. The Kier molecular flexibility index (Phi) is 6.50. The van der Waals surface area contributed by atoms with Gasteiger partial charge in [-0.3, -0.25) is 9.98 Å². The van der Waals surface area contributed by atoms with Crippen LogP contribution in [0.2, 0.25) is 0 Å². The van der Waals surface area contributed by atoms with Crippen LogP contribution in [0.15, 0.2) is 52.1 Å². The molecule has 1 aromatic heterocycles. The highest BCUT2D eigenvalue weighted by Crippen LogP contribution is 2.24. The van der Waals surface area contributed by atoms with Gasteiger partial charge >= 0.3 is 0 Å². The average Bonchev–Trinajstić information content (AvgIpc) is 2.74. The van der Waals surface area contributed by atoms with Gasteiger partial charge in [-0.15, -0.1) is 0 Å². The number of piperazine rings is 1. The third-order valence-electron chi connectivity index (χ3n) is 5.01. The molecule has 0 bridgehead atoms. The maximum Gasteiger partial charge on any atom is 0.179 e. The van der Waals surface area contributed by atoms with Crippen molar-refractivity contribution in [3.63, 3.8) is 0 Å². The Morgan fingerprint density at radius 2 is 2.31 bits per heavy atom. The summed E-state index contributed by atoms with van der Waals surface area (Å²) in [5.41, 5.74) is 8.11. The molecule has 0 spiro atoms. The summed E-state index contributed by atoms with van der Waals surface area (Å²) in [7, 11) is 0. The van der Waals surface area contributed by atoms with Crippen LogP contribution >= 0.6 is 0 Å². The molecule has 29 heavy (non-hydrogen) atoms. The molecule has 1 fully saturated rings. The first-order valence-electron chi connectivity index (χ1n) is 9.48. The highest BCUT2D eigenvalue weighted by molar-refractivity contribution is 5.78. The molecule has 9 heteroatoms. The minimum atomic E-state index is -0.0431. The first-order valence-corrected chi connectivity index (χ1v) is 9.48. The van der Waals surface area contributed by atoms with Crippen molar-refractivity contribution in [3.05, 3.63) is 48.0 Å². The second-order valence-corrected chi connectivity index (χ2v) is 6.85. The van der Waals surface area contributed by atoms with E-state index in [9.17, 15) is 0 Å². The lowest BCUT2D eigenvalue weighted by Gasteiger charge is -2.41. The summed E-state index contributed by atoms with van der Waals surface area (Å²) < 4.78 is 0. The van der Waals surface area contributed by atoms with Gasteiger partial charge in [-0.1, -0.05) is 0 Å². The van der Waals surface area contributed by atoms with Crippen LogP contribution in [0, 0.1) is 5.41 Å². The topological polar surface area (TPSA) is 119 Å². The van der Waals surface area contributed by atoms with Crippen molar-refractivity contribution >= 4 is 30.7 Å². The van der Waals surface area contributed by atoms with Crippen LogP contribution in [-0.4, -0.2) is 65.7 Å². The Labute approximate surface area is 171 Å². The third-order valence-corrected chi connectivity index (χ3v) is 5.01. The molecule has 0 radical (unpaired) electrons. The second kappa shape index (κ2) is 9.24. The molecule has 0 aromatic carbocycles. The summed E-state index contributed by atoms with van der Waals surface area (Å²) in [5, 5.41) is 11.1. The van der Waals surface area contributed by atoms with E-state index in [4.69, 9.17) is 16.1 Å². The summed E-state index contributed by atoms with van der Waals surface area (Å²) in [6, 6.07) is 1.92. The number of allylic oxidation sites excluding steroid dienone is 1. The van der Waals surface area contributed by atoms with Gasteiger partial charge in [0.2, 0.25) is 0 Å². The Hall–Kier alpha value is -3.33. The summed E-state index contributed by atoms with van der Waals surface area (Å²) in [4.78, 5) is 21.7. The number of nitrogens with zero attached hydrogens (tertiary/aromatic N) is 6. The van der Waals surface area contributed by atoms with Gasteiger partial charge < -0.3 is 26.3 Å². The molecule has 9 nitrogen and oxygen atoms in total. The van der Waals surface area contributed by atoms with Crippen LogP contribution in [0.25, 0.3) is 5.70 Å². The van der Waals surface area contributed by atoms with E-state index in [0.717, 1.165) is 35.9 Å². The van der Waals surface area contributed by atoms with Crippen LogP contribution in [-0.2, 0) is 0 Å². The molecule has 3 heterocycles. The Morgan fingerprint density at radius 3 is 3.00 bits per heavy atom. The third kappa shape index (κ3) is 4.40. The summed E-state index contributed by atoms with van der Waals surface area (Å²) in [6.07, 6.45) is 9.99. The van der Waals surface area contributed by atoms with Gasteiger partial charge in [0.15, 0.2) is 5.82 Å². The van der Waals surface area contributed by atoms with Gasteiger partial charge in [-0.05, 0) is 26.6 Å². The van der Waals surface area contributed by atoms with Crippen molar-refractivity contribution in [1.29, 1.82) is 5.41 Å². The number of anilines is 1. The SMILES string of the molecule is C=N/C=C(/c1nccc(N2CCNC(/C(C=N)=C/N)C2C)n1)N1C=C(C)N=CC1. The minimum Gasteiger partial charge on any atom is -0.404 e. The van der Waals surface area contributed by atoms with E-state index in [0.29, 0.717) is 12.4 Å². The molecule has 3 rings (SSSR count). The predicted molar refractivity (Wildman–Crippen MR) is 118 cm³/mol. The van der Waals surface area contributed by atoms with Crippen LogP contribution in [0.3, 0.4) is 0 Å². The van der Waals surface area contributed by atoms with E-state index in [1.54, 1.807) is 12.4 Å². The first-order chi connectivity index (χ1) is 14.1. The monoisotopic (exact) mass is 393 g/mol. The number of hydrogen-bond donors (Lipinski definition) is 3. The highest BCUT2D eigenvalue weighted by Gasteiger charge is 2.30. The Bertz CT molecular complexity index is 884. The zero-order valence-electron chi connectivity index (χ0n) is 16.8. The van der Waals surface area contributed by atoms with E-state index >= 15 is 0 Å². The molecule has 1 saturated heterocycles. The van der Waals surface area contributed by atoms with Gasteiger partial charge in [0.25, 0.3) is 0 Å². The lowest BCUT2D eigenvalue weighted by molar-refractivity contribution is 0.424. The maximum absolute atomic E-state index is 7.62. The molecule has 2 aliphatic rings. The van der Waals surface area contributed by atoms with Crippen molar-refractivity contribution < 1.29 is 0 Å². The number of rotatable bonds is 6. The molecule has 2 aliphatic heterocycles. The van der Waals surface area contributed by atoms with Crippen LogP contribution in [0.4, 0.5) is 5.82 Å². The normalized spacial score (nSPS) is 23.0. The highest BCUT2D eigenvalue weighted by atomic mass is 15.3. The quantitative estimate of drug-likeness (QED) is 0.628. The first kappa shape index (κ1) is 20.4. The van der Waals surface area contributed by atoms with Gasteiger partial charge in [-0.2, -0.15) is 0 Å². The number of nitrogens with two attached hydrogens (primary N) is 1. The van der Waals surface area contributed by atoms with E-state index in [2.05, 4.69) is 38.8 Å². The van der Waals surface area contributed by atoms with E-state index < -0.39 is 0 Å². The van der Waals surface area contributed by atoms with E-state index in [1.165, 1.54) is 12.4 Å².